The lowest BCUT2D eigenvalue weighted by Gasteiger charge is -2.11. The topological polar surface area (TPSA) is 75.3 Å². The molecule has 25 heavy (non-hydrogen) atoms. The molecule has 0 atom stereocenters. The van der Waals surface area contributed by atoms with Crippen LogP contribution in [0.5, 0.6) is 0 Å². The minimum Gasteiger partial charge on any atom is -0.376 e. The molecule has 1 amide bonds. The van der Waals surface area contributed by atoms with Crippen molar-refractivity contribution in [3.63, 3.8) is 0 Å². The molecule has 0 saturated heterocycles. The Balaban J connectivity index is 1.75. The fourth-order valence-corrected chi connectivity index (χ4v) is 3.32. The van der Waals surface area contributed by atoms with Gasteiger partial charge in [0, 0.05) is 18.5 Å². The molecule has 0 saturated carbocycles. The fraction of sp³-hybridized carbons (Fsp3) is 0.316. The van der Waals surface area contributed by atoms with E-state index in [9.17, 15) is 13.2 Å². The SMILES string of the molecule is CS(=O)(=O)Cc1ccccc1NCC(=O)NCCCc1ccccc1. The summed E-state index contributed by atoms with van der Waals surface area (Å²) in [5, 5.41) is 5.89. The van der Waals surface area contributed by atoms with E-state index in [0.717, 1.165) is 12.8 Å². The van der Waals surface area contributed by atoms with Gasteiger partial charge in [-0.2, -0.15) is 0 Å². The van der Waals surface area contributed by atoms with Crippen molar-refractivity contribution in [2.45, 2.75) is 18.6 Å². The molecular formula is C19H24N2O3S. The molecule has 6 heteroatoms. The Bertz CT molecular complexity index is 789. The molecule has 0 aliphatic rings. The highest BCUT2D eigenvalue weighted by Gasteiger charge is 2.09. The van der Waals surface area contributed by atoms with E-state index in [4.69, 9.17) is 0 Å². The molecule has 0 aliphatic carbocycles. The van der Waals surface area contributed by atoms with E-state index in [-0.39, 0.29) is 18.2 Å². The van der Waals surface area contributed by atoms with Crippen LogP contribution in [-0.4, -0.2) is 33.7 Å². The summed E-state index contributed by atoms with van der Waals surface area (Å²) in [4.78, 5) is 11.9. The maximum Gasteiger partial charge on any atom is 0.239 e. The molecule has 2 N–H and O–H groups in total. The van der Waals surface area contributed by atoms with E-state index in [2.05, 4.69) is 22.8 Å². The molecule has 2 rings (SSSR count). The van der Waals surface area contributed by atoms with Gasteiger partial charge in [-0.25, -0.2) is 8.42 Å². The number of aryl methyl sites for hydroxylation is 1. The third-order valence-electron chi connectivity index (χ3n) is 3.68. The molecule has 0 spiro atoms. The third-order valence-corrected chi connectivity index (χ3v) is 4.52. The molecule has 0 heterocycles. The number of para-hydroxylation sites is 1. The van der Waals surface area contributed by atoms with Crippen LogP contribution in [0.1, 0.15) is 17.5 Å². The molecule has 2 aromatic rings. The number of amides is 1. The van der Waals surface area contributed by atoms with Gasteiger partial charge >= 0.3 is 0 Å². The van der Waals surface area contributed by atoms with Crippen LogP contribution >= 0.6 is 0 Å². The average molecular weight is 360 g/mol. The number of sulfone groups is 1. The Kier molecular flexibility index (Phi) is 7.01. The summed E-state index contributed by atoms with van der Waals surface area (Å²) in [7, 11) is -3.12. The van der Waals surface area contributed by atoms with Crippen LogP contribution in [0.25, 0.3) is 0 Å². The lowest BCUT2D eigenvalue weighted by atomic mass is 10.1. The van der Waals surface area contributed by atoms with Gasteiger partial charge < -0.3 is 10.6 Å². The van der Waals surface area contributed by atoms with E-state index < -0.39 is 9.84 Å². The quantitative estimate of drug-likeness (QED) is 0.673. The average Bonchev–Trinajstić information content (AvgIpc) is 2.57. The summed E-state index contributed by atoms with van der Waals surface area (Å²) in [6.07, 6.45) is 3.00. The molecule has 134 valence electrons. The number of carbonyl (C=O) groups excluding carboxylic acids is 1. The van der Waals surface area contributed by atoms with Crippen molar-refractivity contribution < 1.29 is 13.2 Å². The monoisotopic (exact) mass is 360 g/mol. The maximum atomic E-state index is 11.9. The van der Waals surface area contributed by atoms with Crippen molar-refractivity contribution in [2.75, 3.05) is 24.7 Å². The first kappa shape index (κ1) is 19.0. The second-order valence-corrected chi connectivity index (χ2v) is 8.16. The number of hydrogen-bond donors (Lipinski definition) is 2. The van der Waals surface area contributed by atoms with Crippen LogP contribution < -0.4 is 10.6 Å². The molecule has 0 fully saturated rings. The fourth-order valence-electron chi connectivity index (χ4n) is 2.50. The summed E-state index contributed by atoms with van der Waals surface area (Å²) in [6.45, 7) is 0.729. The van der Waals surface area contributed by atoms with Gasteiger partial charge in [-0.1, -0.05) is 48.5 Å². The van der Waals surface area contributed by atoms with Crippen molar-refractivity contribution in [1.29, 1.82) is 0 Å². The van der Waals surface area contributed by atoms with Gasteiger partial charge in [0.1, 0.15) is 0 Å². The minimum absolute atomic E-state index is 0.0468. The van der Waals surface area contributed by atoms with Crippen molar-refractivity contribution in [1.82, 2.24) is 5.32 Å². The molecule has 0 radical (unpaired) electrons. The number of carbonyl (C=O) groups is 1. The normalized spacial score (nSPS) is 11.1. The highest BCUT2D eigenvalue weighted by molar-refractivity contribution is 7.89. The highest BCUT2D eigenvalue weighted by atomic mass is 32.2. The zero-order valence-corrected chi connectivity index (χ0v) is 15.2. The second kappa shape index (κ2) is 9.22. The number of hydrogen-bond acceptors (Lipinski definition) is 4. The van der Waals surface area contributed by atoms with Crippen molar-refractivity contribution >= 4 is 21.4 Å². The predicted octanol–water partition coefficient (Wildman–Crippen LogP) is 2.39. The second-order valence-electron chi connectivity index (χ2n) is 6.02. The zero-order valence-electron chi connectivity index (χ0n) is 14.4. The summed E-state index contributed by atoms with van der Waals surface area (Å²) in [6, 6.07) is 17.3. The van der Waals surface area contributed by atoms with Gasteiger partial charge in [-0.05, 0) is 30.0 Å². The summed E-state index contributed by atoms with van der Waals surface area (Å²) in [5.41, 5.74) is 2.60. The molecule has 0 bridgehead atoms. The highest BCUT2D eigenvalue weighted by Crippen LogP contribution is 2.17. The molecular weight excluding hydrogens is 336 g/mol. The van der Waals surface area contributed by atoms with E-state index in [1.807, 2.05) is 24.3 Å². The number of nitrogens with one attached hydrogen (secondary N) is 2. The zero-order chi connectivity index (χ0) is 18.1. The van der Waals surface area contributed by atoms with Gasteiger partial charge in [0.15, 0.2) is 9.84 Å². The van der Waals surface area contributed by atoms with Crippen LogP contribution in [-0.2, 0) is 26.8 Å². The smallest absolute Gasteiger partial charge is 0.239 e. The Labute approximate surface area is 149 Å². The number of benzene rings is 2. The lowest BCUT2D eigenvalue weighted by molar-refractivity contribution is -0.119. The van der Waals surface area contributed by atoms with Crippen LogP contribution in [0.3, 0.4) is 0 Å². The van der Waals surface area contributed by atoms with E-state index >= 15 is 0 Å². The largest absolute Gasteiger partial charge is 0.376 e. The summed E-state index contributed by atoms with van der Waals surface area (Å²) in [5.74, 6) is -0.156. The van der Waals surface area contributed by atoms with Gasteiger partial charge in [-0.3, -0.25) is 4.79 Å². The molecule has 0 unspecified atom stereocenters. The molecule has 0 aromatic heterocycles. The van der Waals surface area contributed by atoms with Gasteiger partial charge in [0.2, 0.25) is 5.91 Å². The first-order valence-corrected chi connectivity index (χ1v) is 10.3. The molecule has 2 aromatic carbocycles. The first-order chi connectivity index (χ1) is 11.9. The van der Waals surface area contributed by atoms with E-state index in [1.165, 1.54) is 11.8 Å². The van der Waals surface area contributed by atoms with Gasteiger partial charge in [-0.15, -0.1) is 0 Å². The van der Waals surface area contributed by atoms with Crippen LogP contribution in [0.4, 0.5) is 5.69 Å². The Morgan fingerprint density at radius 3 is 2.40 bits per heavy atom. The Morgan fingerprint density at radius 1 is 1.00 bits per heavy atom. The van der Waals surface area contributed by atoms with Crippen molar-refractivity contribution in [3.05, 3.63) is 65.7 Å². The number of rotatable bonds is 9. The first-order valence-electron chi connectivity index (χ1n) is 8.24. The van der Waals surface area contributed by atoms with Crippen LogP contribution in [0.15, 0.2) is 54.6 Å². The van der Waals surface area contributed by atoms with Gasteiger partial charge in [0.25, 0.3) is 0 Å². The van der Waals surface area contributed by atoms with Crippen LogP contribution in [0.2, 0.25) is 0 Å². The maximum absolute atomic E-state index is 11.9. The molecule has 0 aliphatic heterocycles. The van der Waals surface area contributed by atoms with Crippen molar-refractivity contribution in [2.24, 2.45) is 0 Å². The third kappa shape index (κ3) is 7.39. The van der Waals surface area contributed by atoms with Crippen LogP contribution in [0, 0.1) is 0 Å². The standard InChI is InChI=1S/C19H24N2O3S/c1-25(23,24)15-17-11-5-6-12-18(17)21-14-19(22)20-13-7-10-16-8-3-2-4-9-16/h2-6,8-9,11-12,21H,7,10,13-15H2,1H3,(H,20,22). The Hall–Kier alpha value is -2.34. The summed E-state index contributed by atoms with van der Waals surface area (Å²) < 4.78 is 23.0. The molecule has 5 nitrogen and oxygen atoms in total. The predicted molar refractivity (Wildman–Crippen MR) is 101 cm³/mol. The minimum atomic E-state index is -3.12. The summed E-state index contributed by atoms with van der Waals surface area (Å²) >= 11 is 0. The van der Waals surface area contributed by atoms with E-state index in [1.54, 1.807) is 18.2 Å². The van der Waals surface area contributed by atoms with Crippen molar-refractivity contribution in [3.8, 4) is 0 Å². The van der Waals surface area contributed by atoms with Gasteiger partial charge in [0.05, 0.1) is 12.3 Å². The van der Waals surface area contributed by atoms with E-state index in [0.29, 0.717) is 17.8 Å². The Morgan fingerprint density at radius 2 is 1.68 bits per heavy atom. The number of anilines is 1. The lowest BCUT2D eigenvalue weighted by Crippen LogP contribution is -2.31.